The molecule has 1 heterocycles. The van der Waals surface area contributed by atoms with Gasteiger partial charge in [-0.15, -0.1) is 0 Å². The fourth-order valence-corrected chi connectivity index (χ4v) is 2.32. The number of esters is 1. The zero-order valence-electron chi connectivity index (χ0n) is 8.45. The van der Waals surface area contributed by atoms with Crippen molar-refractivity contribution in [2.24, 2.45) is 11.8 Å². The Hall–Kier alpha value is -0.570. The van der Waals surface area contributed by atoms with E-state index in [1.54, 1.807) is 0 Å². The van der Waals surface area contributed by atoms with E-state index in [0.717, 1.165) is 32.1 Å². The van der Waals surface area contributed by atoms with E-state index in [0.29, 0.717) is 18.3 Å². The van der Waals surface area contributed by atoms with Gasteiger partial charge in [-0.1, -0.05) is 6.42 Å². The molecule has 0 bridgehead atoms. The van der Waals surface area contributed by atoms with Crippen LogP contribution in [0.25, 0.3) is 0 Å². The number of ether oxygens (including phenoxy) is 1. The second kappa shape index (κ2) is 4.30. The number of aliphatic hydroxyl groups excluding tert-OH is 1. The average molecular weight is 198 g/mol. The van der Waals surface area contributed by atoms with Gasteiger partial charge in [0.05, 0.1) is 0 Å². The molecule has 14 heavy (non-hydrogen) atoms. The summed E-state index contributed by atoms with van der Waals surface area (Å²) in [7, 11) is 0. The fourth-order valence-electron chi connectivity index (χ4n) is 2.32. The molecule has 0 radical (unpaired) electrons. The monoisotopic (exact) mass is 198 g/mol. The molecule has 1 aliphatic carbocycles. The second-order valence-electron chi connectivity index (χ2n) is 4.47. The third-order valence-electron chi connectivity index (χ3n) is 3.34. The molecule has 3 nitrogen and oxygen atoms in total. The summed E-state index contributed by atoms with van der Waals surface area (Å²) >= 11 is 0. The van der Waals surface area contributed by atoms with E-state index in [4.69, 9.17) is 9.84 Å². The van der Waals surface area contributed by atoms with Crippen molar-refractivity contribution in [2.75, 3.05) is 6.61 Å². The molecule has 0 spiro atoms. The lowest BCUT2D eigenvalue weighted by atomic mass is 10.0. The van der Waals surface area contributed by atoms with Crippen molar-refractivity contribution in [1.82, 2.24) is 0 Å². The third kappa shape index (κ3) is 2.27. The van der Waals surface area contributed by atoms with E-state index >= 15 is 0 Å². The van der Waals surface area contributed by atoms with Gasteiger partial charge in [0.25, 0.3) is 0 Å². The van der Waals surface area contributed by atoms with Gasteiger partial charge in [-0.2, -0.15) is 0 Å². The molecule has 2 fully saturated rings. The molecule has 0 unspecified atom stereocenters. The Balaban J connectivity index is 1.86. The fraction of sp³-hybridized carbons (Fsp3) is 0.909. The molecule has 3 heteroatoms. The SMILES string of the molecule is O=C1CCCCC[C@H]([C@H]2C[C@@H]2CO)O1. The van der Waals surface area contributed by atoms with Crippen LogP contribution in [0.1, 0.15) is 38.5 Å². The van der Waals surface area contributed by atoms with Crippen molar-refractivity contribution in [1.29, 1.82) is 0 Å². The van der Waals surface area contributed by atoms with Crippen molar-refractivity contribution in [2.45, 2.75) is 44.6 Å². The zero-order chi connectivity index (χ0) is 9.97. The molecular formula is C11H18O3. The first-order chi connectivity index (χ1) is 6.81. The molecular weight excluding hydrogens is 180 g/mol. The highest BCUT2D eigenvalue weighted by molar-refractivity contribution is 5.69. The smallest absolute Gasteiger partial charge is 0.306 e. The van der Waals surface area contributed by atoms with Crippen molar-refractivity contribution < 1.29 is 14.6 Å². The van der Waals surface area contributed by atoms with Crippen LogP contribution in [0.15, 0.2) is 0 Å². The molecule has 80 valence electrons. The van der Waals surface area contributed by atoms with E-state index < -0.39 is 0 Å². The Bertz CT molecular complexity index is 215. The third-order valence-corrected chi connectivity index (χ3v) is 3.34. The number of carbonyl (C=O) groups excluding carboxylic acids is 1. The number of rotatable bonds is 2. The average Bonchev–Trinajstić information content (AvgIpc) is 2.90. The quantitative estimate of drug-likeness (QED) is 0.684. The lowest BCUT2D eigenvalue weighted by Gasteiger charge is -2.20. The van der Waals surface area contributed by atoms with E-state index in [1.165, 1.54) is 0 Å². The Morgan fingerprint density at radius 1 is 1.36 bits per heavy atom. The lowest BCUT2D eigenvalue weighted by Crippen LogP contribution is -2.23. The summed E-state index contributed by atoms with van der Waals surface area (Å²) in [4.78, 5) is 11.3. The molecule has 1 aliphatic heterocycles. The number of carbonyl (C=O) groups is 1. The summed E-state index contributed by atoms with van der Waals surface area (Å²) in [6.07, 6.45) is 5.97. The van der Waals surface area contributed by atoms with Gasteiger partial charge in [-0.05, 0) is 31.6 Å². The number of cyclic esters (lactones) is 1. The zero-order valence-corrected chi connectivity index (χ0v) is 8.45. The van der Waals surface area contributed by atoms with Crippen molar-refractivity contribution in [3.05, 3.63) is 0 Å². The summed E-state index contributed by atoms with van der Waals surface area (Å²) < 4.78 is 5.40. The molecule has 0 aromatic carbocycles. The van der Waals surface area contributed by atoms with Crippen LogP contribution in [0.2, 0.25) is 0 Å². The first kappa shape index (κ1) is 9.97. The highest BCUT2D eigenvalue weighted by Crippen LogP contribution is 2.44. The van der Waals surface area contributed by atoms with Gasteiger partial charge in [-0.3, -0.25) is 4.79 Å². The second-order valence-corrected chi connectivity index (χ2v) is 4.47. The van der Waals surface area contributed by atoms with Crippen molar-refractivity contribution in [3.63, 3.8) is 0 Å². The molecule has 3 atom stereocenters. The Morgan fingerprint density at radius 2 is 2.21 bits per heavy atom. The summed E-state index contributed by atoms with van der Waals surface area (Å²) in [6, 6.07) is 0. The molecule has 1 saturated heterocycles. The predicted molar refractivity (Wildman–Crippen MR) is 51.6 cm³/mol. The molecule has 1 saturated carbocycles. The highest BCUT2D eigenvalue weighted by Gasteiger charge is 2.44. The van der Waals surface area contributed by atoms with Crippen LogP contribution in [0.3, 0.4) is 0 Å². The largest absolute Gasteiger partial charge is 0.462 e. The summed E-state index contributed by atoms with van der Waals surface area (Å²) in [5, 5.41) is 8.96. The predicted octanol–water partition coefficient (Wildman–Crippen LogP) is 1.49. The van der Waals surface area contributed by atoms with E-state index in [-0.39, 0.29) is 18.7 Å². The normalized spacial score (nSPS) is 38.4. The molecule has 0 aromatic heterocycles. The van der Waals surface area contributed by atoms with E-state index in [1.807, 2.05) is 0 Å². The van der Waals surface area contributed by atoms with Gasteiger partial charge < -0.3 is 9.84 Å². The lowest BCUT2D eigenvalue weighted by molar-refractivity contribution is -0.151. The minimum Gasteiger partial charge on any atom is -0.462 e. The van der Waals surface area contributed by atoms with Gasteiger partial charge in [0.2, 0.25) is 0 Å². The van der Waals surface area contributed by atoms with Gasteiger partial charge >= 0.3 is 5.97 Å². The van der Waals surface area contributed by atoms with Crippen LogP contribution in [-0.4, -0.2) is 23.8 Å². The van der Waals surface area contributed by atoms with Gasteiger partial charge in [0.1, 0.15) is 6.10 Å². The molecule has 0 aromatic rings. The molecule has 1 N–H and O–H groups in total. The van der Waals surface area contributed by atoms with E-state index in [9.17, 15) is 4.79 Å². The first-order valence-corrected chi connectivity index (χ1v) is 5.61. The van der Waals surface area contributed by atoms with Crippen molar-refractivity contribution >= 4 is 5.97 Å². The topological polar surface area (TPSA) is 46.5 Å². The highest BCUT2D eigenvalue weighted by atomic mass is 16.5. The Morgan fingerprint density at radius 3 is 2.93 bits per heavy atom. The van der Waals surface area contributed by atoms with Crippen LogP contribution in [0, 0.1) is 11.8 Å². The van der Waals surface area contributed by atoms with Crippen LogP contribution >= 0.6 is 0 Å². The van der Waals surface area contributed by atoms with Gasteiger partial charge in [0.15, 0.2) is 0 Å². The number of aliphatic hydroxyl groups is 1. The van der Waals surface area contributed by atoms with Crippen molar-refractivity contribution in [3.8, 4) is 0 Å². The van der Waals surface area contributed by atoms with Crippen LogP contribution in [-0.2, 0) is 9.53 Å². The van der Waals surface area contributed by atoms with Gasteiger partial charge in [-0.25, -0.2) is 0 Å². The summed E-state index contributed by atoms with van der Waals surface area (Å²) in [6.45, 7) is 0.249. The summed E-state index contributed by atoms with van der Waals surface area (Å²) in [5.74, 6) is 0.799. The Kier molecular flexibility index (Phi) is 3.06. The van der Waals surface area contributed by atoms with Crippen LogP contribution in [0.4, 0.5) is 0 Å². The van der Waals surface area contributed by atoms with Crippen LogP contribution < -0.4 is 0 Å². The molecule has 2 aliphatic rings. The van der Waals surface area contributed by atoms with E-state index in [2.05, 4.69) is 0 Å². The molecule has 0 amide bonds. The Labute approximate surface area is 84.4 Å². The number of hydrogen-bond acceptors (Lipinski definition) is 3. The summed E-state index contributed by atoms with van der Waals surface area (Å²) in [5.41, 5.74) is 0. The maximum absolute atomic E-state index is 11.3. The standard InChI is InChI=1S/C11H18O3/c12-7-8-6-9(8)10-4-2-1-3-5-11(13)14-10/h8-10,12H,1-7H2/t8-,9+,10-/m1/s1. The van der Waals surface area contributed by atoms with Crippen LogP contribution in [0.5, 0.6) is 0 Å². The van der Waals surface area contributed by atoms with Gasteiger partial charge in [0, 0.05) is 18.9 Å². The number of hydrogen-bond donors (Lipinski definition) is 1. The maximum Gasteiger partial charge on any atom is 0.306 e. The maximum atomic E-state index is 11.3. The minimum absolute atomic E-state index is 0.0433. The first-order valence-electron chi connectivity index (χ1n) is 5.61. The minimum atomic E-state index is -0.0433. The molecule has 2 rings (SSSR count).